The summed E-state index contributed by atoms with van der Waals surface area (Å²) in [4.78, 5) is 1.83. The van der Waals surface area contributed by atoms with E-state index in [1.165, 1.54) is 19.1 Å². The van der Waals surface area contributed by atoms with Crippen LogP contribution in [-0.4, -0.2) is 13.1 Å². The van der Waals surface area contributed by atoms with Gasteiger partial charge in [0.1, 0.15) is 0 Å². The fourth-order valence-electron chi connectivity index (χ4n) is 2.34. The number of hydrogen-bond acceptors (Lipinski definition) is 1. The quantitative estimate of drug-likeness (QED) is 0.724. The molecular weight excluding hydrogens is 227 g/mol. The first-order valence-electron chi connectivity index (χ1n) is 5.83. The molecule has 0 bridgehead atoms. The third-order valence-corrected chi connectivity index (χ3v) is 3.15. The molecular formula is C13H15F3N. The van der Waals surface area contributed by atoms with Gasteiger partial charge in [-0.2, -0.15) is 13.2 Å². The van der Waals surface area contributed by atoms with Crippen LogP contribution in [0, 0.1) is 13.0 Å². The summed E-state index contributed by atoms with van der Waals surface area (Å²) in [6, 6.07) is 5.66. The topological polar surface area (TPSA) is 3.24 Å². The summed E-state index contributed by atoms with van der Waals surface area (Å²) in [5.74, 6) is 0. The molecule has 0 N–H and O–H groups in total. The second-order valence-corrected chi connectivity index (χ2v) is 4.44. The van der Waals surface area contributed by atoms with Gasteiger partial charge in [-0.05, 0) is 43.9 Å². The van der Waals surface area contributed by atoms with Crippen molar-refractivity contribution < 1.29 is 13.2 Å². The van der Waals surface area contributed by atoms with Crippen molar-refractivity contribution in [2.75, 3.05) is 18.0 Å². The van der Waals surface area contributed by atoms with Crippen LogP contribution in [0.15, 0.2) is 12.1 Å². The molecule has 0 atom stereocenters. The number of rotatable bonds is 1. The first kappa shape index (κ1) is 12.3. The summed E-state index contributed by atoms with van der Waals surface area (Å²) in [6.45, 7) is 2.91. The van der Waals surface area contributed by atoms with Gasteiger partial charge in [0.25, 0.3) is 0 Å². The maximum atomic E-state index is 13.0. The van der Waals surface area contributed by atoms with E-state index >= 15 is 0 Å². The molecule has 1 aliphatic heterocycles. The van der Waals surface area contributed by atoms with Crippen LogP contribution >= 0.6 is 0 Å². The number of alkyl halides is 3. The Hall–Kier alpha value is -1.19. The van der Waals surface area contributed by atoms with Gasteiger partial charge in [0.2, 0.25) is 0 Å². The van der Waals surface area contributed by atoms with E-state index < -0.39 is 11.7 Å². The van der Waals surface area contributed by atoms with Crippen molar-refractivity contribution in [2.45, 2.75) is 32.4 Å². The van der Waals surface area contributed by atoms with E-state index in [1.807, 2.05) is 4.90 Å². The number of benzene rings is 1. The second kappa shape index (κ2) is 4.59. The predicted molar refractivity (Wildman–Crippen MR) is 61.1 cm³/mol. The van der Waals surface area contributed by atoms with Gasteiger partial charge in [0, 0.05) is 18.8 Å². The van der Waals surface area contributed by atoms with Crippen molar-refractivity contribution in [3.63, 3.8) is 0 Å². The zero-order valence-electron chi connectivity index (χ0n) is 9.77. The Kier molecular flexibility index (Phi) is 3.31. The molecule has 1 saturated heterocycles. The molecule has 1 radical (unpaired) electrons. The Morgan fingerprint density at radius 1 is 1.12 bits per heavy atom. The van der Waals surface area contributed by atoms with Gasteiger partial charge in [-0.25, -0.2) is 0 Å². The van der Waals surface area contributed by atoms with E-state index in [4.69, 9.17) is 0 Å². The molecule has 1 nitrogen and oxygen atoms in total. The van der Waals surface area contributed by atoms with Crippen molar-refractivity contribution in [3.8, 4) is 0 Å². The highest BCUT2D eigenvalue weighted by Gasteiger charge is 2.36. The Morgan fingerprint density at radius 3 is 2.35 bits per heavy atom. The maximum absolute atomic E-state index is 13.0. The van der Waals surface area contributed by atoms with Crippen molar-refractivity contribution in [1.82, 2.24) is 0 Å². The van der Waals surface area contributed by atoms with Gasteiger partial charge in [0.05, 0.1) is 5.56 Å². The molecule has 4 heteroatoms. The minimum atomic E-state index is -4.29. The normalized spacial score (nSPS) is 17.3. The molecule has 0 amide bonds. The molecule has 93 valence electrons. The number of anilines is 1. The Balaban J connectivity index is 2.42. The molecule has 17 heavy (non-hydrogen) atoms. The van der Waals surface area contributed by atoms with Gasteiger partial charge in [0.15, 0.2) is 0 Å². The lowest BCUT2D eigenvalue weighted by molar-refractivity contribution is -0.137. The Morgan fingerprint density at radius 2 is 1.76 bits per heavy atom. The third-order valence-electron chi connectivity index (χ3n) is 3.15. The van der Waals surface area contributed by atoms with Crippen molar-refractivity contribution in [2.24, 2.45) is 0 Å². The van der Waals surface area contributed by atoms with E-state index in [0.717, 1.165) is 19.3 Å². The minimum absolute atomic E-state index is 0.251. The van der Waals surface area contributed by atoms with Crippen LogP contribution in [0.4, 0.5) is 18.9 Å². The number of hydrogen-bond donors (Lipinski definition) is 0. The van der Waals surface area contributed by atoms with Crippen LogP contribution in [0.1, 0.15) is 30.4 Å². The highest BCUT2D eigenvalue weighted by molar-refractivity contribution is 5.58. The van der Waals surface area contributed by atoms with Gasteiger partial charge in [-0.3, -0.25) is 0 Å². The molecule has 2 rings (SSSR count). The molecule has 0 unspecified atom stereocenters. The largest absolute Gasteiger partial charge is 0.418 e. The van der Waals surface area contributed by atoms with E-state index in [9.17, 15) is 13.2 Å². The number of aryl methyl sites for hydroxylation is 1. The van der Waals surface area contributed by atoms with Crippen molar-refractivity contribution in [1.29, 1.82) is 0 Å². The Labute approximate surface area is 99.2 Å². The smallest absolute Gasteiger partial charge is 0.371 e. The molecule has 1 heterocycles. The van der Waals surface area contributed by atoms with Crippen LogP contribution in [0.25, 0.3) is 0 Å². The fraction of sp³-hybridized carbons (Fsp3) is 0.538. The van der Waals surface area contributed by atoms with Crippen LogP contribution in [0.2, 0.25) is 0 Å². The fourth-order valence-corrected chi connectivity index (χ4v) is 2.34. The van der Waals surface area contributed by atoms with E-state index in [1.54, 1.807) is 0 Å². The summed E-state index contributed by atoms with van der Waals surface area (Å²) >= 11 is 0. The highest BCUT2D eigenvalue weighted by Crippen LogP contribution is 2.39. The van der Waals surface area contributed by atoms with Gasteiger partial charge in [-0.1, -0.05) is 6.07 Å². The van der Waals surface area contributed by atoms with Crippen LogP contribution < -0.4 is 4.90 Å². The predicted octanol–water partition coefficient (Wildman–Crippen LogP) is 3.80. The molecule has 1 aliphatic rings. The molecule has 0 aromatic heterocycles. The van der Waals surface area contributed by atoms with E-state index in [-0.39, 0.29) is 11.3 Å². The van der Waals surface area contributed by atoms with Crippen molar-refractivity contribution in [3.05, 3.63) is 29.3 Å². The number of halogens is 3. The molecule has 0 aliphatic carbocycles. The van der Waals surface area contributed by atoms with Crippen LogP contribution in [0.3, 0.4) is 0 Å². The molecule has 1 fully saturated rings. The van der Waals surface area contributed by atoms with E-state index in [2.05, 4.69) is 6.07 Å². The monoisotopic (exact) mass is 242 g/mol. The minimum Gasteiger partial charge on any atom is -0.371 e. The summed E-state index contributed by atoms with van der Waals surface area (Å²) in [5, 5.41) is 0. The molecule has 0 saturated carbocycles. The average Bonchev–Trinajstić information content (AvgIpc) is 2.28. The highest BCUT2D eigenvalue weighted by atomic mass is 19.4. The van der Waals surface area contributed by atoms with E-state index in [0.29, 0.717) is 13.1 Å². The standard InChI is InChI=1S/C13H15F3N/c1-10-6-5-7-11(12(10)13(14,15)16)17-8-3-2-4-9-17/h6-7H,2-4,8-9H2,1H3. The lowest BCUT2D eigenvalue weighted by Gasteiger charge is -2.31. The van der Waals surface area contributed by atoms with Gasteiger partial charge >= 0.3 is 6.18 Å². The summed E-state index contributed by atoms with van der Waals surface area (Å²) in [5.41, 5.74) is 0.0379. The van der Waals surface area contributed by atoms with Gasteiger partial charge in [-0.15, -0.1) is 0 Å². The third kappa shape index (κ3) is 2.56. The number of piperidine rings is 1. The van der Waals surface area contributed by atoms with Crippen LogP contribution in [0.5, 0.6) is 0 Å². The van der Waals surface area contributed by atoms with Crippen LogP contribution in [-0.2, 0) is 6.18 Å². The maximum Gasteiger partial charge on any atom is 0.418 e. The summed E-state index contributed by atoms with van der Waals surface area (Å²) < 4.78 is 39.1. The zero-order valence-corrected chi connectivity index (χ0v) is 9.77. The molecule has 1 aromatic rings. The SMILES string of the molecule is Cc1c[c]cc(N2CCCCC2)c1C(F)(F)F. The summed E-state index contributed by atoms with van der Waals surface area (Å²) in [7, 11) is 0. The number of nitrogens with zero attached hydrogens (tertiary/aromatic N) is 1. The lowest BCUT2D eigenvalue weighted by Crippen LogP contribution is -2.31. The first-order valence-corrected chi connectivity index (χ1v) is 5.83. The molecule has 1 aromatic carbocycles. The lowest BCUT2D eigenvalue weighted by atomic mass is 10.0. The second-order valence-electron chi connectivity index (χ2n) is 4.44. The molecule has 0 spiro atoms. The first-order chi connectivity index (χ1) is 8.00. The Bertz CT molecular complexity index is 392. The zero-order chi connectivity index (χ0) is 12.5. The summed E-state index contributed by atoms with van der Waals surface area (Å²) in [6.07, 6.45) is -1.25. The van der Waals surface area contributed by atoms with Gasteiger partial charge < -0.3 is 4.90 Å². The van der Waals surface area contributed by atoms with Crippen molar-refractivity contribution >= 4 is 5.69 Å². The average molecular weight is 242 g/mol.